The van der Waals surface area contributed by atoms with Gasteiger partial charge in [-0.25, -0.2) is 4.39 Å². The van der Waals surface area contributed by atoms with Gasteiger partial charge in [-0.3, -0.25) is 4.99 Å². The van der Waals surface area contributed by atoms with Crippen molar-refractivity contribution >= 4 is 11.9 Å². The predicted octanol–water partition coefficient (Wildman–Crippen LogP) is 2.77. The zero-order chi connectivity index (χ0) is 12.3. The molecule has 0 bridgehead atoms. The summed E-state index contributed by atoms with van der Waals surface area (Å²) in [5, 5.41) is 17.6. The van der Waals surface area contributed by atoms with Gasteiger partial charge in [0.25, 0.3) is 0 Å². The molecule has 1 aromatic rings. The Kier molecular flexibility index (Phi) is 2.98. The van der Waals surface area contributed by atoms with Crippen LogP contribution in [0.15, 0.2) is 23.2 Å². The number of allylic oxidation sites excluding steroid dienone is 1. The highest BCUT2D eigenvalue weighted by Gasteiger charge is 2.12. The quantitative estimate of drug-likeness (QED) is 0.737. The number of nitrogens with zero attached hydrogens (tertiary/aromatic N) is 3. The molecule has 82 valence electrons. The lowest BCUT2D eigenvalue weighted by Crippen LogP contribution is -1.95. The molecule has 0 radical (unpaired) electrons. The number of hydrogen-bond acceptors (Lipinski definition) is 3. The number of nitriles is 2. The Bertz CT molecular complexity index is 565. The molecule has 0 fully saturated rings. The summed E-state index contributed by atoms with van der Waals surface area (Å²) < 4.78 is 13.5. The van der Waals surface area contributed by atoms with Crippen molar-refractivity contribution in [3.05, 3.63) is 40.7 Å². The Morgan fingerprint density at radius 3 is 2.24 bits per heavy atom. The fourth-order valence-electron chi connectivity index (χ4n) is 1.64. The first-order chi connectivity index (χ1) is 8.26. The summed E-state index contributed by atoms with van der Waals surface area (Å²) in [6.07, 6.45) is 5.42. The molecule has 0 spiro atoms. The molecule has 1 heterocycles. The Labute approximate surface area is 98.1 Å². The van der Waals surface area contributed by atoms with Gasteiger partial charge >= 0.3 is 0 Å². The van der Waals surface area contributed by atoms with Gasteiger partial charge in [-0.2, -0.15) is 10.5 Å². The van der Waals surface area contributed by atoms with Crippen LogP contribution in [0, 0.1) is 28.5 Å². The van der Waals surface area contributed by atoms with Crippen molar-refractivity contribution in [1.82, 2.24) is 0 Å². The number of benzene rings is 1. The van der Waals surface area contributed by atoms with E-state index in [1.807, 2.05) is 6.08 Å². The summed E-state index contributed by atoms with van der Waals surface area (Å²) >= 11 is 0. The first kappa shape index (κ1) is 11.0. The first-order valence-electron chi connectivity index (χ1n) is 5.13. The number of hydrogen-bond donors (Lipinski definition) is 0. The molecule has 3 nitrogen and oxygen atoms in total. The maximum Gasteiger partial charge on any atom is 0.158 e. The van der Waals surface area contributed by atoms with Crippen LogP contribution in [0.4, 0.5) is 4.39 Å². The van der Waals surface area contributed by atoms with Gasteiger partial charge in [-0.1, -0.05) is 6.08 Å². The van der Waals surface area contributed by atoms with E-state index >= 15 is 0 Å². The maximum atomic E-state index is 13.5. The van der Waals surface area contributed by atoms with E-state index in [-0.39, 0.29) is 11.1 Å². The summed E-state index contributed by atoms with van der Waals surface area (Å²) in [6.45, 7) is 0. The maximum absolute atomic E-state index is 13.5. The third-order valence-corrected chi connectivity index (χ3v) is 2.47. The molecule has 0 aliphatic carbocycles. The smallest absolute Gasteiger partial charge is 0.158 e. The second kappa shape index (κ2) is 4.59. The summed E-state index contributed by atoms with van der Waals surface area (Å²) in [5.41, 5.74) is 1.04. The molecule has 17 heavy (non-hydrogen) atoms. The van der Waals surface area contributed by atoms with Gasteiger partial charge in [0.15, 0.2) is 5.82 Å². The first-order valence-corrected chi connectivity index (χ1v) is 5.13. The Morgan fingerprint density at radius 1 is 1.12 bits per heavy atom. The van der Waals surface area contributed by atoms with E-state index in [1.165, 1.54) is 12.1 Å². The van der Waals surface area contributed by atoms with Crippen molar-refractivity contribution < 1.29 is 4.39 Å². The second-order valence-corrected chi connectivity index (χ2v) is 3.59. The lowest BCUT2D eigenvalue weighted by Gasteiger charge is -2.08. The molecular weight excluding hydrogens is 217 g/mol. The minimum absolute atomic E-state index is 0.124. The second-order valence-electron chi connectivity index (χ2n) is 3.59. The Hall–Kier alpha value is -2.46. The van der Waals surface area contributed by atoms with E-state index in [9.17, 15) is 4.39 Å². The van der Waals surface area contributed by atoms with Crippen LogP contribution in [0.2, 0.25) is 0 Å². The summed E-state index contributed by atoms with van der Waals surface area (Å²) in [6, 6.07) is 6.33. The van der Waals surface area contributed by atoms with Crippen LogP contribution in [0.25, 0.3) is 5.70 Å². The van der Waals surface area contributed by atoms with Crippen molar-refractivity contribution in [2.24, 2.45) is 4.99 Å². The molecule has 0 saturated heterocycles. The fourth-order valence-corrected chi connectivity index (χ4v) is 1.64. The predicted molar refractivity (Wildman–Crippen MR) is 61.5 cm³/mol. The molecule has 1 aromatic carbocycles. The number of aliphatic imine (C=N–C) groups is 1. The van der Waals surface area contributed by atoms with Gasteiger partial charge in [0.1, 0.15) is 12.1 Å². The molecule has 0 atom stereocenters. The molecule has 4 heteroatoms. The average molecular weight is 225 g/mol. The van der Waals surface area contributed by atoms with E-state index in [0.29, 0.717) is 11.3 Å². The Morgan fingerprint density at radius 2 is 1.76 bits per heavy atom. The van der Waals surface area contributed by atoms with Crippen molar-refractivity contribution in [2.45, 2.75) is 12.8 Å². The lowest BCUT2D eigenvalue weighted by atomic mass is 10.0. The summed E-state index contributed by atoms with van der Waals surface area (Å²) in [4.78, 5) is 4.18. The fraction of sp³-hybridized carbons (Fsp3) is 0.154. The van der Waals surface area contributed by atoms with Crippen LogP contribution in [0.1, 0.15) is 29.5 Å². The highest BCUT2D eigenvalue weighted by Crippen LogP contribution is 2.24. The number of halogens is 1. The minimum atomic E-state index is -0.765. The van der Waals surface area contributed by atoms with E-state index in [1.54, 1.807) is 18.4 Å². The van der Waals surface area contributed by atoms with Crippen molar-refractivity contribution in [1.29, 1.82) is 10.5 Å². The van der Waals surface area contributed by atoms with Gasteiger partial charge in [-0.15, -0.1) is 0 Å². The number of rotatable bonds is 1. The van der Waals surface area contributed by atoms with E-state index in [0.717, 1.165) is 12.8 Å². The van der Waals surface area contributed by atoms with Crippen LogP contribution in [-0.4, -0.2) is 6.21 Å². The normalized spacial score (nSPS) is 13.7. The van der Waals surface area contributed by atoms with Crippen LogP contribution < -0.4 is 0 Å². The van der Waals surface area contributed by atoms with Crippen LogP contribution >= 0.6 is 0 Å². The SMILES string of the molecule is N#Cc1cc(C2=CCCC=N2)cc(C#N)c1F. The largest absolute Gasteiger partial charge is 0.261 e. The van der Waals surface area contributed by atoms with Crippen LogP contribution in [-0.2, 0) is 0 Å². The molecule has 1 aliphatic heterocycles. The minimum Gasteiger partial charge on any atom is -0.261 e. The lowest BCUT2D eigenvalue weighted by molar-refractivity contribution is 0.620. The van der Waals surface area contributed by atoms with E-state index < -0.39 is 5.82 Å². The third-order valence-electron chi connectivity index (χ3n) is 2.47. The van der Waals surface area contributed by atoms with Crippen molar-refractivity contribution in [3.63, 3.8) is 0 Å². The monoisotopic (exact) mass is 225 g/mol. The molecule has 0 unspecified atom stereocenters. The highest BCUT2D eigenvalue weighted by molar-refractivity contribution is 5.77. The summed E-state index contributed by atoms with van der Waals surface area (Å²) in [7, 11) is 0. The van der Waals surface area contributed by atoms with Gasteiger partial charge in [0, 0.05) is 11.8 Å². The zero-order valence-electron chi connectivity index (χ0n) is 8.94. The molecular formula is C13H8FN3. The Balaban J connectivity index is 2.57. The topological polar surface area (TPSA) is 59.9 Å². The van der Waals surface area contributed by atoms with Crippen molar-refractivity contribution in [2.75, 3.05) is 0 Å². The molecule has 0 saturated carbocycles. The molecule has 2 rings (SSSR count). The van der Waals surface area contributed by atoms with Gasteiger partial charge in [0.05, 0.1) is 16.8 Å². The zero-order valence-corrected chi connectivity index (χ0v) is 8.94. The standard InChI is InChI=1S/C13H8FN3/c14-13-10(7-15)5-9(6-11(13)8-16)12-3-1-2-4-17-12/h3-6H,1-2H2. The average Bonchev–Trinajstić information content (AvgIpc) is 2.40. The van der Waals surface area contributed by atoms with E-state index in [4.69, 9.17) is 10.5 Å². The van der Waals surface area contributed by atoms with Crippen molar-refractivity contribution in [3.8, 4) is 12.1 Å². The third kappa shape index (κ3) is 2.07. The molecule has 0 amide bonds. The molecule has 0 aromatic heterocycles. The molecule has 0 N–H and O–H groups in total. The van der Waals surface area contributed by atoms with E-state index in [2.05, 4.69) is 4.99 Å². The van der Waals surface area contributed by atoms with Crippen LogP contribution in [0.5, 0.6) is 0 Å². The van der Waals surface area contributed by atoms with Gasteiger partial charge in [0.2, 0.25) is 0 Å². The highest BCUT2D eigenvalue weighted by atomic mass is 19.1. The molecule has 1 aliphatic rings. The van der Waals surface area contributed by atoms with Gasteiger partial charge < -0.3 is 0 Å². The summed E-state index contributed by atoms with van der Waals surface area (Å²) in [5.74, 6) is -0.765. The van der Waals surface area contributed by atoms with Crippen LogP contribution in [0.3, 0.4) is 0 Å². The van der Waals surface area contributed by atoms with Gasteiger partial charge in [-0.05, 0) is 25.0 Å².